The summed E-state index contributed by atoms with van der Waals surface area (Å²) < 4.78 is 0. The molecule has 0 atom stereocenters. The fourth-order valence-electron chi connectivity index (χ4n) is 1.79. The normalized spacial score (nSPS) is 14.1. The van der Waals surface area contributed by atoms with Crippen LogP contribution in [-0.2, 0) is 6.54 Å². The van der Waals surface area contributed by atoms with Crippen LogP contribution in [0.15, 0.2) is 31.0 Å². The third-order valence-corrected chi connectivity index (χ3v) is 2.97. The summed E-state index contributed by atoms with van der Waals surface area (Å²) in [7, 11) is 0. The van der Waals surface area contributed by atoms with Crippen LogP contribution in [0.3, 0.4) is 0 Å². The summed E-state index contributed by atoms with van der Waals surface area (Å²) in [6.07, 6.45) is 8.40. The summed E-state index contributed by atoms with van der Waals surface area (Å²) in [5.41, 5.74) is 2.19. The molecule has 0 spiro atoms. The number of aromatic nitrogens is 4. The zero-order valence-corrected chi connectivity index (χ0v) is 10.3. The quantitative estimate of drug-likeness (QED) is 0.884. The Balaban J connectivity index is 1.63. The molecule has 1 N–H and O–H groups in total. The largest absolute Gasteiger partial charge is 0.345 e. The second-order valence-electron chi connectivity index (χ2n) is 4.48. The van der Waals surface area contributed by atoms with Crippen LogP contribution in [-0.4, -0.2) is 25.8 Å². The lowest BCUT2D eigenvalue weighted by molar-refractivity contribution is 0.0945. The molecule has 0 unspecified atom stereocenters. The molecule has 96 valence electrons. The van der Waals surface area contributed by atoms with Crippen LogP contribution in [0.1, 0.15) is 40.6 Å². The Bertz CT molecular complexity index is 583. The van der Waals surface area contributed by atoms with Crippen molar-refractivity contribution >= 4 is 5.91 Å². The third-order valence-electron chi connectivity index (χ3n) is 2.97. The number of rotatable bonds is 4. The van der Waals surface area contributed by atoms with Gasteiger partial charge in [-0.05, 0) is 18.9 Å². The topological polar surface area (TPSA) is 80.7 Å². The minimum atomic E-state index is -0.250. The van der Waals surface area contributed by atoms with E-state index in [1.807, 2.05) is 6.07 Å². The number of nitrogens with zero attached hydrogens (tertiary/aromatic N) is 4. The van der Waals surface area contributed by atoms with Crippen LogP contribution < -0.4 is 5.32 Å². The van der Waals surface area contributed by atoms with E-state index in [0.717, 1.165) is 11.4 Å². The Morgan fingerprint density at radius 3 is 2.89 bits per heavy atom. The maximum absolute atomic E-state index is 11.8. The van der Waals surface area contributed by atoms with Crippen molar-refractivity contribution < 1.29 is 4.79 Å². The molecule has 0 bridgehead atoms. The minimum absolute atomic E-state index is 0.250. The lowest BCUT2D eigenvalue weighted by atomic mass is 10.2. The molecule has 1 amide bonds. The predicted molar refractivity (Wildman–Crippen MR) is 67.2 cm³/mol. The molecule has 6 nitrogen and oxygen atoms in total. The van der Waals surface area contributed by atoms with Gasteiger partial charge in [0.2, 0.25) is 0 Å². The van der Waals surface area contributed by atoms with E-state index in [2.05, 4.69) is 25.3 Å². The minimum Gasteiger partial charge on any atom is -0.345 e. The molecular formula is C13H13N5O. The van der Waals surface area contributed by atoms with E-state index < -0.39 is 0 Å². The van der Waals surface area contributed by atoms with Crippen molar-refractivity contribution in [1.29, 1.82) is 0 Å². The molecular weight excluding hydrogens is 242 g/mol. The van der Waals surface area contributed by atoms with Crippen LogP contribution >= 0.6 is 0 Å². The third kappa shape index (κ3) is 2.90. The van der Waals surface area contributed by atoms with E-state index in [-0.39, 0.29) is 5.91 Å². The molecule has 1 fully saturated rings. The molecule has 0 radical (unpaired) electrons. The van der Waals surface area contributed by atoms with Crippen molar-refractivity contribution in [2.75, 3.05) is 0 Å². The summed E-state index contributed by atoms with van der Waals surface area (Å²) in [5.74, 6) is 0.331. The molecule has 0 saturated heterocycles. The molecule has 6 heteroatoms. The number of hydrogen-bond acceptors (Lipinski definition) is 5. The number of carbonyl (C=O) groups excluding carboxylic acids is 1. The van der Waals surface area contributed by atoms with E-state index in [1.165, 1.54) is 31.4 Å². The van der Waals surface area contributed by atoms with Crippen LogP contribution in [0.5, 0.6) is 0 Å². The van der Waals surface area contributed by atoms with Gasteiger partial charge in [-0.1, -0.05) is 0 Å². The highest BCUT2D eigenvalue weighted by molar-refractivity contribution is 5.91. The number of nitrogens with one attached hydrogen (secondary N) is 1. The van der Waals surface area contributed by atoms with Gasteiger partial charge < -0.3 is 5.32 Å². The first-order chi connectivity index (χ1) is 9.33. The first-order valence-corrected chi connectivity index (χ1v) is 6.18. The smallest absolute Gasteiger partial charge is 0.271 e. The van der Waals surface area contributed by atoms with Gasteiger partial charge in [-0.25, -0.2) is 15.0 Å². The van der Waals surface area contributed by atoms with E-state index >= 15 is 0 Å². The zero-order chi connectivity index (χ0) is 13.1. The lowest BCUT2D eigenvalue weighted by Crippen LogP contribution is -2.24. The van der Waals surface area contributed by atoms with Crippen molar-refractivity contribution in [3.63, 3.8) is 0 Å². The SMILES string of the molecule is O=C(NCc1cc(C2CC2)ncn1)c1cnccn1. The highest BCUT2D eigenvalue weighted by Crippen LogP contribution is 2.38. The van der Waals surface area contributed by atoms with E-state index in [9.17, 15) is 4.79 Å². The van der Waals surface area contributed by atoms with Gasteiger partial charge in [0.1, 0.15) is 12.0 Å². The molecule has 3 rings (SSSR count). The molecule has 2 heterocycles. The van der Waals surface area contributed by atoms with Crippen molar-refractivity contribution in [3.05, 3.63) is 48.1 Å². The van der Waals surface area contributed by atoms with Gasteiger partial charge >= 0.3 is 0 Å². The summed E-state index contributed by atoms with van der Waals surface area (Å²) >= 11 is 0. The van der Waals surface area contributed by atoms with Gasteiger partial charge in [0.25, 0.3) is 5.91 Å². The van der Waals surface area contributed by atoms with E-state index in [1.54, 1.807) is 6.33 Å². The van der Waals surface area contributed by atoms with Crippen molar-refractivity contribution in [3.8, 4) is 0 Å². The maximum atomic E-state index is 11.8. The van der Waals surface area contributed by atoms with Gasteiger partial charge in [-0.2, -0.15) is 0 Å². The zero-order valence-electron chi connectivity index (χ0n) is 10.3. The van der Waals surface area contributed by atoms with Crippen LogP contribution in [0.2, 0.25) is 0 Å². The Morgan fingerprint density at radius 2 is 2.16 bits per heavy atom. The molecule has 0 aromatic carbocycles. The van der Waals surface area contributed by atoms with Crippen LogP contribution in [0.4, 0.5) is 0 Å². The number of hydrogen-bond donors (Lipinski definition) is 1. The Morgan fingerprint density at radius 1 is 1.26 bits per heavy atom. The molecule has 1 saturated carbocycles. The highest BCUT2D eigenvalue weighted by Gasteiger charge is 2.25. The molecule has 0 aliphatic heterocycles. The van der Waals surface area contributed by atoms with Crippen LogP contribution in [0, 0.1) is 0 Å². The average Bonchev–Trinajstić information content (AvgIpc) is 3.31. The summed E-state index contributed by atoms with van der Waals surface area (Å²) in [4.78, 5) is 28.0. The second-order valence-corrected chi connectivity index (χ2v) is 4.48. The van der Waals surface area contributed by atoms with E-state index in [0.29, 0.717) is 18.2 Å². The Hall–Kier alpha value is -2.37. The summed E-state index contributed by atoms with van der Waals surface area (Å²) in [6, 6.07) is 1.95. The van der Waals surface area contributed by atoms with Crippen LogP contribution in [0.25, 0.3) is 0 Å². The average molecular weight is 255 g/mol. The van der Waals surface area contributed by atoms with Crippen molar-refractivity contribution in [1.82, 2.24) is 25.3 Å². The van der Waals surface area contributed by atoms with Crippen molar-refractivity contribution in [2.45, 2.75) is 25.3 Å². The second kappa shape index (κ2) is 5.09. The molecule has 19 heavy (non-hydrogen) atoms. The molecule has 1 aliphatic rings. The fourth-order valence-corrected chi connectivity index (χ4v) is 1.79. The summed E-state index contributed by atoms with van der Waals surface area (Å²) in [6.45, 7) is 0.373. The van der Waals surface area contributed by atoms with Gasteiger partial charge in [0, 0.05) is 24.0 Å². The number of amides is 1. The Kier molecular flexibility index (Phi) is 3.14. The molecule has 2 aromatic rings. The summed E-state index contributed by atoms with van der Waals surface area (Å²) in [5, 5.41) is 2.77. The van der Waals surface area contributed by atoms with Gasteiger partial charge in [0.15, 0.2) is 0 Å². The lowest BCUT2D eigenvalue weighted by Gasteiger charge is -2.05. The number of carbonyl (C=O) groups is 1. The molecule has 1 aliphatic carbocycles. The van der Waals surface area contributed by atoms with Gasteiger partial charge in [-0.3, -0.25) is 9.78 Å². The predicted octanol–water partition coefficient (Wildman–Crippen LogP) is 1.07. The first-order valence-electron chi connectivity index (χ1n) is 6.18. The van der Waals surface area contributed by atoms with Gasteiger partial charge in [-0.15, -0.1) is 0 Å². The highest BCUT2D eigenvalue weighted by atomic mass is 16.1. The fraction of sp³-hybridized carbons (Fsp3) is 0.308. The molecule has 2 aromatic heterocycles. The van der Waals surface area contributed by atoms with Crippen molar-refractivity contribution in [2.24, 2.45) is 0 Å². The first kappa shape index (κ1) is 11.7. The standard InChI is InChI=1S/C13H13N5O/c19-13(12-7-14-3-4-15-12)16-6-10-5-11(9-1-2-9)18-8-17-10/h3-5,7-9H,1-2,6H2,(H,16,19). The van der Waals surface area contributed by atoms with E-state index in [4.69, 9.17) is 0 Å². The Labute approximate surface area is 110 Å². The van der Waals surface area contributed by atoms with Gasteiger partial charge in [0.05, 0.1) is 18.4 Å². The maximum Gasteiger partial charge on any atom is 0.271 e. The monoisotopic (exact) mass is 255 g/mol.